The highest BCUT2D eigenvalue weighted by Crippen LogP contribution is 2.22. The average Bonchev–Trinajstić information content (AvgIpc) is 2.94. The molecule has 0 bridgehead atoms. The van der Waals surface area contributed by atoms with Crippen molar-refractivity contribution in [2.75, 3.05) is 6.54 Å². The number of ether oxygens (including phenoxy) is 1. The maximum absolute atomic E-state index is 12.2. The zero-order valence-electron chi connectivity index (χ0n) is 12.6. The second-order valence-electron chi connectivity index (χ2n) is 5.52. The lowest BCUT2D eigenvalue weighted by atomic mass is 10.1. The molecule has 1 aromatic rings. The number of hydrogen-bond donors (Lipinski definition) is 0. The first kappa shape index (κ1) is 15.5. The van der Waals surface area contributed by atoms with Crippen LogP contribution in [0.3, 0.4) is 0 Å². The number of amides is 1. The fourth-order valence-electron chi connectivity index (χ4n) is 2.73. The summed E-state index contributed by atoms with van der Waals surface area (Å²) in [5.74, 6) is 0.241. The lowest BCUT2D eigenvalue weighted by Gasteiger charge is -2.23. The van der Waals surface area contributed by atoms with Crippen molar-refractivity contribution in [2.24, 2.45) is 0 Å². The third-order valence-corrected chi connectivity index (χ3v) is 3.81. The van der Waals surface area contributed by atoms with Crippen LogP contribution in [-0.2, 0) is 16.1 Å². The molecule has 1 amide bonds. The van der Waals surface area contributed by atoms with Crippen LogP contribution in [0.2, 0.25) is 0 Å². The minimum atomic E-state index is -0.300. The van der Waals surface area contributed by atoms with Crippen molar-refractivity contribution in [1.29, 1.82) is 0 Å². The van der Waals surface area contributed by atoms with E-state index < -0.39 is 0 Å². The SMILES string of the molecule is CCCC(=O)C[C@@H]1CCCN1C(=O)OCc1ccccc1. The second-order valence-corrected chi connectivity index (χ2v) is 5.52. The standard InChI is InChI=1S/C17H23NO3/c1-2-7-16(19)12-15-10-6-11-18(15)17(20)21-13-14-8-4-3-5-9-14/h3-5,8-9,15H,2,6-7,10-13H2,1H3/t15-/m0/s1. The van der Waals surface area contributed by atoms with E-state index in [9.17, 15) is 9.59 Å². The molecule has 1 aliphatic rings. The van der Waals surface area contributed by atoms with Gasteiger partial charge in [0.15, 0.2) is 0 Å². The molecule has 0 saturated carbocycles. The van der Waals surface area contributed by atoms with Crippen molar-refractivity contribution < 1.29 is 14.3 Å². The number of nitrogens with zero attached hydrogens (tertiary/aromatic N) is 1. The summed E-state index contributed by atoms with van der Waals surface area (Å²) in [5, 5.41) is 0. The molecule has 0 unspecified atom stereocenters. The Bertz CT molecular complexity index is 472. The van der Waals surface area contributed by atoms with Gasteiger partial charge in [-0.25, -0.2) is 4.79 Å². The summed E-state index contributed by atoms with van der Waals surface area (Å²) in [6.07, 6.45) is 3.48. The van der Waals surface area contributed by atoms with Gasteiger partial charge in [0, 0.05) is 25.4 Å². The van der Waals surface area contributed by atoms with Gasteiger partial charge in [-0.05, 0) is 24.8 Å². The van der Waals surface area contributed by atoms with Crippen molar-refractivity contribution in [3.63, 3.8) is 0 Å². The Morgan fingerprint density at radius 2 is 2.05 bits per heavy atom. The van der Waals surface area contributed by atoms with Crippen LogP contribution in [0.4, 0.5) is 4.79 Å². The molecule has 1 fully saturated rings. The third kappa shape index (κ3) is 4.59. The van der Waals surface area contributed by atoms with Gasteiger partial charge in [-0.2, -0.15) is 0 Å². The first-order valence-corrected chi connectivity index (χ1v) is 7.69. The topological polar surface area (TPSA) is 46.6 Å². The van der Waals surface area contributed by atoms with E-state index >= 15 is 0 Å². The van der Waals surface area contributed by atoms with Crippen molar-refractivity contribution in [3.8, 4) is 0 Å². The summed E-state index contributed by atoms with van der Waals surface area (Å²) in [6, 6.07) is 9.66. The average molecular weight is 289 g/mol. The van der Waals surface area contributed by atoms with Crippen molar-refractivity contribution in [2.45, 2.75) is 51.7 Å². The minimum Gasteiger partial charge on any atom is -0.445 e. The van der Waals surface area contributed by atoms with Crippen LogP contribution >= 0.6 is 0 Å². The number of rotatable bonds is 6. The molecule has 1 saturated heterocycles. The fraction of sp³-hybridized carbons (Fsp3) is 0.529. The summed E-state index contributed by atoms with van der Waals surface area (Å²) < 4.78 is 5.36. The first-order chi connectivity index (χ1) is 10.2. The molecule has 21 heavy (non-hydrogen) atoms. The smallest absolute Gasteiger partial charge is 0.410 e. The third-order valence-electron chi connectivity index (χ3n) is 3.81. The molecule has 1 atom stereocenters. The molecule has 1 aromatic carbocycles. The Balaban J connectivity index is 1.84. The predicted octanol–water partition coefficient (Wildman–Crippen LogP) is 3.55. The monoisotopic (exact) mass is 289 g/mol. The van der Waals surface area contributed by atoms with E-state index in [1.807, 2.05) is 37.3 Å². The molecule has 2 rings (SSSR count). The fourth-order valence-corrected chi connectivity index (χ4v) is 2.73. The van der Waals surface area contributed by atoms with Crippen LogP contribution in [0, 0.1) is 0 Å². The van der Waals surface area contributed by atoms with Crippen LogP contribution in [0.15, 0.2) is 30.3 Å². The largest absolute Gasteiger partial charge is 0.445 e. The Morgan fingerprint density at radius 1 is 1.29 bits per heavy atom. The van der Waals surface area contributed by atoms with E-state index in [2.05, 4.69) is 0 Å². The summed E-state index contributed by atoms with van der Waals surface area (Å²) in [7, 11) is 0. The zero-order chi connectivity index (χ0) is 15.1. The van der Waals surface area contributed by atoms with Crippen molar-refractivity contribution in [3.05, 3.63) is 35.9 Å². The first-order valence-electron chi connectivity index (χ1n) is 7.69. The Labute approximate surface area is 126 Å². The molecule has 114 valence electrons. The lowest BCUT2D eigenvalue weighted by molar-refractivity contribution is -0.120. The van der Waals surface area contributed by atoms with E-state index in [0.717, 1.165) is 24.8 Å². The van der Waals surface area contributed by atoms with Gasteiger partial charge >= 0.3 is 6.09 Å². The Hall–Kier alpha value is -1.84. The molecule has 0 N–H and O–H groups in total. The van der Waals surface area contributed by atoms with Crippen LogP contribution in [0.1, 0.15) is 44.6 Å². The van der Waals surface area contributed by atoms with E-state index in [1.165, 1.54) is 0 Å². The van der Waals surface area contributed by atoms with Gasteiger partial charge in [-0.15, -0.1) is 0 Å². The number of likely N-dealkylation sites (tertiary alicyclic amines) is 1. The predicted molar refractivity (Wildman–Crippen MR) is 80.9 cm³/mol. The summed E-state index contributed by atoms with van der Waals surface area (Å²) >= 11 is 0. The number of Topliss-reactive ketones (excluding diaryl/α,β-unsaturated/α-hetero) is 1. The maximum atomic E-state index is 12.2. The highest BCUT2D eigenvalue weighted by Gasteiger charge is 2.31. The van der Waals surface area contributed by atoms with Gasteiger partial charge in [0.1, 0.15) is 12.4 Å². The van der Waals surface area contributed by atoms with Gasteiger partial charge in [0.25, 0.3) is 0 Å². The molecule has 4 heteroatoms. The quantitative estimate of drug-likeness (QED) is 0.804. The van der Waals surface area contributed by atoms with Gasteiger partial charge in [0.2, 0.25) is 0 Å². The second kappa shape index (κ2) is 7.81. The number of ketones is 1. The Morgan fingerprint density at radius 3 is 2.76 bits per heavy atom. The van der Waals surface area contributed by atoms with E-state index in [0.29, 0.717) is 19.4 Å². The number of carbonyl (C=O) groups is 2. The number of hydrogen-bond acceptors (Lipinski definition) is 3. The molecule has 1 heterocycles. The summed E-state index contributed by atoms with van der Waals surface area (Å²) in [4.78, 5) is 25.6. The lowest BCUT2D eigenvalue weighted by Crippen LogP contribution is -2.37. The van der Waals surface area contributed by atoms with Crippen LogP contribution in [-0.4, -0.2) is 29.4 Å². The molecule has 1 aliphatic heterocycles. The van der Waals surface area contributed by atoms with E-state index in [1.54, 1.807) is 4.90 Å². The normalized spacial score (nSPS) is 17.8. The minimum absolute atomic E-state index is 0.0207. The molecule has 4 nitrogen and oxygen atoms in total. The van der Waals surface area contributed by atoms with Gasteiger partial charge < -0.3 is 9.64 Å². The molecule has 0 aromatic heterocycles. The Kier molecular flexibility index (Phi) is 5.78. The van der Waals surface area contributed by atoms with E-state index in [4.69, 9.17) is 4.74 Å². The van der Waals surface area contributed by atoms with Crippen LogP contribution in [0.5, 0.6) is 0 Å². The molecule has 0 spiro atoms. The highest BCUT2D eigenvalue weighted by molar-refractivity contribution is 5.80. The number of benzene rings is 1. The number of carbonyl (C=O) groups excluding carboxylic acids is 2. The molecular weight excluding hydrogens is 266 g/mol. The van der Waals surface area contributed by atoms with Gasteiger partial charge in [-0.1, -0.05) is 37.3 Å². The van der Waals surface area contributed by atoms with Gasteiger partial charge in [-0.3, -0.25) is 4.79 Å². The van der Waals surface area contributed by atoms with E-state index in [-0.39, 0.29) is 24.5 Å². The van der Waals surface area contributed by atoms with Crippen LogP contribution in [0.25, 0.3) is 0 Å². The maximum Gasteiger partial charge on any atom is 0.410 e. The highest BCUT2D eigenvalue weighted by atomic mass is 16.6. The van der Waals surface area contributed by atoms with Gasteiger partial charge in [0.05, 0.1) is 0 Å². The molecule has 0 radical (unpaired) electrons. The molecule has 0 aliphatic carbocycles. The van der Waals surface area contributed by atoms with Crippen molar-refractivity contribution >= 4 is 11.9 Å². The summed E-state index contributed by atoms with van der Waals surface area (Å²) in [6.45, 7) is 2.97. The van der Waals surface area contributed by atoms with Crippen LogP contribution < -0.4 is 0 Å². The zero-order valence-corrected chi connectivity index (χ0v) is 12.6. The molecular formula is C17H23NO3. The van der Waals surface area contributed by atoms with Crippen molar-refractivity contribution in [1.82, 2.24) is 4.90 Å². The summed E-state index contributed by atoms with van der Waals surface area (Å²) in [5.41, 5.74) is 0.976.